The SMILES string of the molecule is O=C1CCc2cc(OCCCN3C(=O)c4ccccc4C3=O)ccc2N1. The smallest absolute Gasteiger partial charge is 0.261 e. The minimum atomic E-state index is -0.241. The van der Waals surface area contributed by atoms with E-state index in [1.165, 1.54) is 4.90 Å². The fourth-order valence-corrected chi connectivity index (χ4v) is 3.30. The summed E-state index contributed by atoms with van der Waals surface area (Å²) >= 11 is 0. The number of rotatable bonds is 5. The van der Waals surface area contributed by atoms with Crippen molar-refractivity contribution in [2.75, 3.05) is 18.5 Å². The van der Waals surface area contributed by atoms with E-state index in [9.17, 15) is 14.4 Å². The number of carbonyl (C=O) groups is 3. The summed E-state index contributed by atoms with van der Waals surface area (Å²) in [5.41, 5.74) is 2.83. The number of nitrogens with one attached hydrogen (secondary N) is 1. The maximum absolute atomic E-state index is 12.3. The Balaban J connectivity index is 1.32. The molecule has 2 aliphatic rings. The van der Waals surface area contributed by atoms with Gasteiger partial charge in [-0.15, -0.1) is 0 Å². The summed E-state index contributed by atoms with van der Waals surface area (Å²) in [6.45, 7) is 0.728. The standard InChI is InChI=1S/C20H18N2O4/c23-18-9-6-13-12-14(7-8-17(13)21-18)26-11-3-10-22-19(24)15-4-1-2-5-16(15)20(22)25/h1-2,4-5,7-8,12H,3,6,9-11H2,(H,21,23). The quantitative estimate of drug-likeness (QED) is 0.664. The molecular weight excluding hydrogens is 332 g/mol. The molecule has 26 heavy (non-hydrogen) atoms. The van der Waals surface area contributed by atoms with Gasteiger partial charge in [0.25, 0.3) is 11.8 Å². The van der Waals surface area contributed by atoms with Gasteiger partial charge in [0.15, 0.2) is 0 Å². The molecule has 2 aromatic rings. The molecule has 2 aromatic carbocycles. The van der Waals surface area contributed by atoms with Gasteiger partial charge in [-0.25, -0.2) is 0 Å². The predicted octanol–water partition coefficient (Wildman–Crippen LogP) is 2.64. The Hall–Kier alpha value is -3.15. The molecule has 6 nitrogen and oxygen atoms in total. The summed E-state index contributed by atoms with van der Waals surface area (Å²) in [5.74, 6) is 0.277. The molecule has 1 N–H and O–H groups in total. The molecule has 0 fully saturated rings. The van der Waals surface area contributed by atoms with Crippen LogP contribution in [0.5, 0.6) is 5.75 Å². The van der Waals surface area contributed by atoms with E-state index in [2.05, 4.69) is 5.32 Å². The van der Waals surface area contributed by atoms with Crippen LogP contribution < -0.4 is 10.1 Å². The predicted molar refractivity (Wildman–Crippen MR) is 95.3 cm³/mol. The van der Waals surface area contributed by atoms with Crippen LogP contribution >= 0.6 is 0 Å². The van der Waals surface area contributed by atoms with E-state index in [0.29, 0.717) is 43.5 Å². The van der Waals surface area contributed by atoms with E-state index in [0.717, 1.165) is 17.0 Å². The van der Waals surface area contributed by atoms with Crippen molar-refractivity contribution in [2.24, 2.45) is 0 Å². The fourth-order valence-electron chi connectivity index (χ4n) is 3.30. The molecule has 132 valence electrons. The average molecular weight is 350 g/mol. The molecule has 0 aliphatic carbocycles. The van der Waals surface area contributed by atoms with Crippen molar-refractivity contribution in [1.82, 2.24) is 4.90 Å². The molecule has 0 atom stereocenters. The van der Waals surface area contributed by atoms with Gasteiger partial charge in [-0.2, -0.15) is 0 Å². The molecule has 0 spiro atoms. The van der Waals surface area contributed by atoms with Crippen LogP contribution in [0.15, 0.2) is 42.5 Å². The summed E-state index contributed by atoms with van der Waals surface area (Å²) in [4.78, 5) is 37.2. The van der Waals surface area contributed by atoms with E-state index in [-0.39, 0.29) is 17.7 Å². The van der Waals surface area contributed by atoms with Crippen LogP contribution in [-0.2, 0) is 11.2 Å². The number of carbonyl (C=O) groups excluding carboxylic acids is 3. The number of hydrogen-bond donors (Lipinski definition) is 1. The minimum Gasteiger partial charge on any atom is -0.494 e. The lowest BCUT2D eigenvalue weighted by molar-refractivity contribution is -0.116. The number of imide groups is 1. The maximum atomic E-state index is 12.3. The number of fused-ring (bicyclic) bond motifs is 2. The van der Waals surface area contributed by atoms with Gasteiger partial charge >= 0.3 is 0 Å². The molecule has 0 unspecified atom stereocenters. The summed E-state index contributed by atoms with van der Waals surface area (Å²) in [7, 11) is 0. The van der Waals surface area contributed by atoms with E-state index >= 15 is 0 Å². The Kier molecular flexibility index (Phi) is 4.16. The van der Waals surface area contributed by atoms with E-state index in [1.807, 2.05) is 18.2 Å². The van der Waals surface area contributed by atoms with Gasteiger partial charge in [0.05, 0.1) is 17.7 Å². The largest absolute Gasteiger partial charge is 0.494 e. The van der Waals surface area contributed by atoms with Crippen LogP contribution in [0.3, 0.4) is 0 Å². The first-order valence-corrected chi connectivity index (χ1v) is 8.64. The van der Waals surface area contributed by atoms with Crippen molar-refractivity contribution >= 4 is 23.4 Å². The normalized spacial score (nSPS) is 15.5. The first-order chi connectivity index (χ1) is 12.6. The van der Waals surface area contributed by atoms with Gasteiger partial charge in [0.1, 0.15) is 5.75 Å². The van der Waals surface area contributed by atoms with Crippen LogP contribution in [0.2, 0.25) is 0 Å². The second-order valence-electron chi connectivity index (χ2n) is 6.38. The molecule has 0 saturated heterocycles. The Labute approximate surface area is 150 Å². The number of benzene rings is 2. The molecule has 3 amide bonds. The molecule has 0 saturated carbocycles. The summed E-state index contributed by atoms with van der Waals surface area (Å²) in [5, 5.41) is 2.83. The van der Waals surface area contributed by atoms with Gasteiger partial charge in [-0.1, -0.05) is 12.1 Å². The monoisotopic (exact) mass is 350 g/mol. The number of aryl methyl sites for hydroxylation is 1. The first-order valence-electron chi connectivity index (χ1n) is 8.64. The highest BCUT2D eigenvalue weighted by Gasteiger charge is 2.34. The van der Waals surface area contributed by atoms with Crippen LogP contribution in [0, 0.1) is 0 Å². The second-order valence-corrected chi connectivity index (χ2v) is 6.38. The van der Waals surface area contributed by atoms with Crippen molar-refractivity contribution < 1.29 is 19.1 Å². The fraction of sp³-hybridized carbons (Fsp3) is 0.250. The number of ether oxygens (including phenoxy) is 1. The Bertz CT molecular complexity index is 871. The van der Waals surface area contributed by atoms with Gasteiger partial charge in [0.2, 0.25) is 5.91 Å². The third-order valence-electron chi connectivity index (χ3n) is 4.65. The highest BCUT2D eigenvalue weighted by molar-refractivity contribution is 6.21. The molecule has 2 aliphatic heterocycles. The van der Waals surface area contributed by atoms with Crippen molar-refractivity contribution in [1.29, 1.82) is 0 Å². The molecule has 6 heteroatoms. The van der Waals surface area contributed by atoms with E-state index in [1.54, 1.807) is 24.3 Å². The average Bonchev–Trinajstić information content (AvgIpc) is 2.90. The number of hydrogen-bond acceptors (Lipinski definition) is 4. The number of nitrogens with zero attached hydrogens (tertiary/aromatic N) is 1. The zero-order valence-electron chi connectivity index (χ0n) is 14.2. The Morgan fingerprint density at radius 1 is 0.962 bits per heavy atom. The zero-order chi connectivity index (χ0) is 18.1. The lowest BCUT2D eigenvalue weighted by atomic mass is 10.0. The lowest BCUT2D eigenvalue weighted by Gasteiger charge is -2.18. The molecule has 2 heterocycles. The highest BCUT2D eigenvalue weighted by Crippen LogP contribution is 2.27. The van der Waals surface area contributed by atoms with Crippen molar-refractivity contribution in [3.63, 3.8) is 0 Å². The van der Waals surface area contributed by atoms with Gasteiger partial charge < -0.3 is 10.1 Å². The molecule has 0 aromatic heterocycles. The Morgan fingerprint density at radius 2 is 1.69 bits per heavy atom. The topological polar surface area (TPSA) is 75.7 Å². The van der Waals surface area contributed by atoms with Crippen LogP contribution in [-0.4, -0.2) is 35.8 Å². The first kappa shape index (κ1) is 16.3. The Morgan fingerprint density at radius 3 is 2.42 bits per heavy atom. The summed E-state index contributed by atoms with van der Waals surface area (Å²) in [6, 6.07) is 12.5. The third-order valence-corrected chi connectivity index (χ3v) is 4.65. The van der Waals surface area contributed by atoms with Crippen molar-refractivity contribution in [3.05, 3.63) is 59.2 Å². The molecule has 0 bridgehead atoms. The van der Waals surface area contributed by atoms with E-state index in [4.69, 9.17) is 4.74 Å². The van der Waals surface area contributed by atoms with Crippen LogP contribution in [0.25, 0.3) is 0 Å². The minimum absolute atomic E-state index is 0.0344. The number of anilines is 1. The zero-order valence-corrected chi connectivity index (χ0v) is 14.2. The van der Waals surface area contributed by atoms with Crippen molar-refractivity contribution in [2.45, 2.75) is 19.3 Å². The van der Waals surface area contributed by atoms with Crippen LogP contribution in [0.4, 0.5) is 5.69 Å². The summed E-state index contributed by atoms with van der Waals surface area (Å²) < 4.78 is 5.74. The van der Waals surface area contributed by atoms with E-state index < -0.39 is 0 Å². The molecule has 0 radical (unpaired) electrons. The lowest BCUT2D eigenvalue weighted by Crippen LogP contribution is -2.31. The highest BCUT2D eigenvalue weighted by atomic mass is 16.5. The van der Waals surface area contributed by atoms with Gasteiger partial charge in [-0.3, -0.25) is 19.3 Å². The molecular formula is C20H18N2O4. The second kappa shape index (κ2) is 6.63. The van der Waals surface area contributed by atoms with Gasteiger partial charge in [-0.05, 0) is 48.7 Å². The third kappa shape index (κ3) is 2.94. The number of amides is 3. The van der Waals surface area contributed by atoms with Crippen molar-refractivity contribution in [3.8, 4) is 5.75 Å². The maximum Gasteiger partial charge on any atom is 0.261 e. The molecule has 4 rings (SSSR count). The summed E-state index contributed by atoms with van der Waals surface area (Å²) in [6.07, 6.45) is 1.74. The van der Waals surface area contributed by atoms with Gasteiger partial charge in [0, 0.05) is 18.7 Å². The van der Waals surface area contributed by atoms with Crippen LogP contribution in [0.1, 0.15) is 39.1 Å².